The number of nitrogens with one attached hydrogen (secondary N) is 1. The summed E-state index contributed by atoms with van der Waals surface area (Å²) in [6.45, 7) is 3.81. The highest BCUT2D eigenvalue weighted by Gasteiger charge is 2.37. The molecule has 1 atom stereocenters. The van der Waals surface area contributed by atoms with Crippen LogP contribution in [0.5, 0.6) is 5.75 Å². The summed E-state index contributed by atoms with van der Waals surface area (Å²) in [5, 5.41) is 2.72. The molecule has 0 saturated carbocycles. The molecule has 2 fully saturated rings. The maximum absolute atomic E-state index is 12.8. The maximum Gasteiger partial charge on any atom is 0.410 e. The Bertz CT molecular complexity index is 773. The molecule has 4 rings (SSSR count). The van der Waals surface area contributed by atoms with Crippen molar-refractivity contribution in [2.45, 2.75) is 38.3 Å². The molecule has 8 nitrogen and oxygen atoms in total. The zero-order valence-corrected chi connectivity index (χ0v) is 15.3. The highest BCUT2D eigenvalue weighted by atomic mass is 16.6. The van der Waals surface area contributed by atoms with Crippen LogP contribution in [-0.2, 0) is 9.53 Å². The molecular weight excluding hydrogens is 350 g/mol. The van der Waals surface area contributed by atoms with Gasteiger partial charge in [-0.2, -0.15) is 0 Å². The average Bonchev–Trinajstić information content (AvgIpc) is 3.08. The van der Waals surface area contributed by atoms with Crippen molar-refractivity contribution in [2.24, 2.45) is 0 Å². The smallest absolute Gasteiger partial charge is 0.410 e. The Morgan fingerprint density at radius 1 is 1.26 bits per heavy atom. The molecule has 144 valence electrons. The van der Waals surface area contributed by atoms with E-state index in [1.807, 2.05) is 11.8 Å². The van der Waals surface area contributed by atoms with Crippen LogP contribution in [0.25, 0.3) is 0 Å². The molecule has 1 aromatic carbocycles. The molecule has 2 saturated heterocycles. The largest absolute Gasteiger partial charge is 0.482 e. The van der Waals surface area contributed by atoms with Crippen LogP contribution in [-0.4, -0.2) is 66.1 Å². The van der Waals surface area contributed by atoms with Crippen molar-refractivity contribution in [1.29, 1.82) is 0 Å². The van der Waals surface area contributed by atoms with Crippen LogP contribution in [0, 0.1) is 0 Å². The number of amides is 3. The van der Waals surface area contributed by atoms with Gasteiger partial charge >= 0.3 is 6.09 Å². The summed E-state index contributed by atoms with van der Waals surface area (Å²) in [6.07, 6.45) is 2.03. The Kier molecular flexibility index (Phi) is 4.63. The number of likely N-dealkylation sites (tertiary alicyclic amines) is 1. The molecule has 3 aliphatic rings. The Morgan fingerprint density at radius 3 is 2.74 bits per heavy atom. The van der Waals surface area contributed by atoms with E-state index < -0.39 is 0 Å². The molecule has 0 radical (unpaired) electrons. The van der Waals surface area contributed by atoms with Crippen LogP contribution in [0.1, 0.15) is 36.5 Å². The lowest BCUT2D eigenvalue weighted by Gasteiger charge is -2.35. The zero-order chi connectivity index (χ0) is 19.0. The van der Waals surface area contributed by atoms with Crippen molar-refractivity contribution in [2.75, 3.05) is 31.6 Å². The summed E-state index contributed by atoms with van der Waals surface area (Å²) >= 11 is 0. The fourth-order valence-electron chi connectivity index (χ4n) is 3.83. The number of carbonyl (C=O) groups excluding carboxylic acids is 3. The number of fused-ring (bicyclic) bond motifs is 1. The molecule has 0 aromatic heterocycles. The minimum absolute atomic E-state index is 0.00830. The van der Waals surface area contributed by atoms with Crippen LogP contribution in [0.3, 0.4) is 0 Å². The van der Waals surface area contributed by atoms with E-state index in [9.17, 15) is 14.4 Å². The van der Waals surface area contributed by atoms with Gasteiger partial charge in [0, 0.05) is 24.7 Å². The lowest BCUT2D eigenvalue weighted by atomic mass is 10.0. The maximum atomic E-state index is 12.8. The number of nitrogens with zero attached hydrogens (tertiary/aromatic N) is 2. The van der Waals surface area contributed by atoms with E-state index in [1.165, 1.54) is 0 Å². The molecule has 3 amide bonds. The van der Waals surface area contributed by atoms with Crippen LogP contribution < -0.4 is 10.1 Å². The first-order chi connectivity index (χ1) is 13.0. The predicted molar refractivity (Wildman–Crippen MR) is 96.8 cm³/mol. The summed E-state index contributed by atoms with van der Waals surface area (Å²) in [6, 6.07) is 5.20. The minimum Gasteiger partial charge on any atom is -0.482 e. The summed E-state index contributed by atoms with van der Waals surface area (Å²) in [4.78, 5) is 39.9. The number of hydrogen-bond acceptors (Lipinski definition) is 5. The number of carbonyl (C=O) groups is 3. The van der Waals surface area contributed by atoms with Crippen molar-refractivity contribution in [3.8, 4) is 5.75 Å². The molecule has 3 heterocycles. The second-order valence-corrected chi connectivity index (χ2v) is 7.14. The van der Waals surface area contributed by atoms with Gasteiger partial charge in [0.05, 0.1) is 12.2 Å². The summed E-state index contributed by atoms with van der Waals surface area (Å²) in [5.41, 5.74) is 1.04. The van der Waals surface area contributed by atoms with E-state index in [0.29, 0.717) is 36.6 Å². The molecule has 1 N–H and O–H groups in total. The van der Waals surface area contributed by atoms with Crippen LogP contribution >= 0.6 is 0 Å². The third-order valence-corrected chi connectivity index (χ3v) is 5.41. The normalized spacial score (nSPS) is 22.8. The van der Waals surface area contributed by atoms with Crippen LogP contribution in [0.4, 0.5) is 10.5 Å². The first-order valence-corrected chi connectivity index (χ1v) is 9.38. The molecule has 0 bridgehead atoms. The van der Waals surface area contributed by atoms with Gasteiger partial charge in [-0.15, -0.1) is 0 Å². The minimum atomic E-state index is -0.239. The molecule has 3 aliphatic heterocycles. The van der Waals surface area contributed by atoms with Crippen molar-refractivity contribution in [3.05, 3.63) is 23.8 Å². The Hall–Kier alpha value is -2.77. The van der Waals surface area contributed by atoms with Gasteiger partial charge in [0.1, 0.15) is 11.9 Å². The second-order valence-electron chi connectivity index (χ2n) is 7.14. The SMILES string of the molecule is CC[C@H]1CN(C2CCN(C(=O)c3ccc4c(c3)NC(=O)CO4)CC2)C(=O)O1. The fraction of sp³-hybridized carbons (Fsp3) is 0.526. The van der Waals surface area contributed by atoms with Gasteiger partial charge in [0.2, 0.25) is 0 Å². The Labute approximate surface area is 157 Å². The monoisotopic (exact) mass is 373 g/mol. The molecular formula is C19H23N3O5. The van der Waals surface area contributed by atoms with Gasteiger partial charge in [0.25, 0.3) is 11.8 Å². The number of rotatable bonds is 3. The van der Waals surface area contributed by atoms with E-state index >= 15 is 0 Å². The third-order valence-electron chi connectivity index (χ3n) is 5.41. The first kappa shape index (κ1) is 17.6. The molecule has 27 heavy (non-hydrogen) atoms. The number of anilines is 1. The molecule has 1 aromatic rings. The van der Waals surface area contributed by atoms with E-state index in [0.717, 1.165) is 19.3 Å². The number of cyclic esters (lactones) is 1. The Balaban J connectivity index is 1.38. The van der Waals surface area contributed by atoms with Gasteiger partial charge in [-0.1, -0.05) is 6.92 Å². The number of ether oxygens (including phenoxy) is 2. The summed E-state index contributed by atoms with van der Waals surface area (Å²) < 4.78 is 10.7. The fourth-order valence-corrected chi connectivity index (χ4v) is 3.83. The molecule has 8 heteroatoms. The number of benzene rings is 1. The van der Waals surface area contributed by atoms with E-state index in [2.05, 4.69) is 5.32 Å². The Morgan fingerprint density at radius 2 is 2.04 bits per heavy atom. The van der Waals surface area contributed by atoms with E-state index in [1.54, 1.807) is 23.1 Å². The van der Waals surface area contributed by atoms with Crippen molar-refractivity contribution in [1.82, 2.24) is 9.80 Å². The molecule has 0 spiro atoms. The van der Waals surface area contributed by atoms with Gasteiger partial charge < -0.3 is 24.6 Å². The molecule has 0 unspecified atom stereocenters. The highest BCUT2D eigenvalue weighted by Crippen LogP contribution is 2.30. The topological polar surface area (TPSA) is 88.2 Å². The van der Waals surface area contributed by atoms with Crippen LogP contribution in [0.15, 0.2) is 18.2 Å². The van der Waals surface area contributed by atoms with Gasteiger partial charge in [-0.25, -0.2) is 4.79 Å². The zero-order valence-electron chi connectivity index (χ0n) is 15.3. The van der Waals surface area contributed by atoms with Crippen molar-refractivity contribution < 1.29 is 23.9 Å². The summed E-state index contributed by atoms with van der Waals surface area (Å²) in [5.74, 6) is 0.269. The van der Waals surface area contributed by atoms with Gasteiger partial charge in [-0.3, -0.25) is 9.59 Å². The summed E-state index contributed by atoms with van der Waals surface area (Å²) in [7, 11) is 0. The van der Waals surface area contributed by atoms with Gasteiger partial charge in [0.15, 0.2) is 6.61 Å². The predicted octanol–water partition coefficient (Wildman–Crippen LogP) is 1.85. The number of hydrogen-bond donors (Lipinski definition) is 1. The lowest BCUT2D eigenvalue weighted by molar-refractivity contribution is -0.118. The second kappa shape index (κ2) is 7.09. The number of piperidine rings is 1. The standard InChI is InChI=1S/C19H23N3O5/c1-2-14-10-22(19(25)27-14)13-5-7-21(8-6-13)18(24)12-3-4-16-15(9-12)20-17(23)11-26-16/h3-4,9,13-14H,2,5-8,10-11H2,1H3,(H,20,23)/t14-/m0/s1. The first-order valence-electron chi connectivity index (χ1n) is 9.38. The lowest BCUT2D eigenvalue weighted by Crippen LogP contribution is -2.47. The quantitative estimate of drug-likeness (QED) is 0.874. The van der Waals surface area contributed by atoms with E-state index in [4.69, 9.17) is 9.47 Å². The van der Waals surface area contributed by atoms with Crippen molar-refractivity contribution in [3.63, 3.8) is 0 Å². The van der Waals surface area contributed by atoms with Crippen LogP contribution in [0.2, 0.25) is 0 Å². The highest BCUT2D eigenvalue weighted by molar-refractivity contribution is 5.99. The molecule has 0 aliphatic carbocycles. The average molecular weight is 373 g/mol. The van der Waals surface area contributed by atoms with Gasteiger partial charge in [-0.05, 0) is 37.5 Å². The van der Waals surface area contributed by atoms with E-state index in [-0.39, 0.29) is 36.7 Å². The third kappa shape index (κ3) is 3.43. The van der Waals surface area contributed by atoms with Crippen molar-refractivity contribution >= 4 is 23.6 Å².